The van der Waals surface area contributed by atoms with Crippen molar-refractivity contribution in [3.8, 4) is 0 Å². The monoisotopic (exact) mass is 366 g/mol. The quantitative estimate of drug-likeness (QED) is 0.308. The van der Waals surface area contributed by atoms with E-state index in [1.807, 2.05) is 0 Å². The summed E-state index contributed by atoms with van der Waals surface area (Å²) in [6.07, 6.45) is 10.0. The maximum atomic E-state index is 6.32. The highest BCUT2D eigenvalue weighted by atomic mass is 31.2. The summed E-state index contributed by atoms with van der Waals surface area (Å²) < 4.78 is 12.6. The SMILES string of the molecule is CCCCC(CC)COP(OCC(CC)CCCC)c1ccccc1. The minimum atomic E-state index is -0.962. The number of unbranched alkanes of at least 4 members (excludes halogenated alkanes) is 2. The highest BCUT2D eigenvalue weighted by molar-refractivity contribution is 7.56. The molecule has 2 atom stereocenters. The van der Waals surface area contributed by atoms with Crippen molar-refractivity contribution < 1.29 is 9.05 Å². The molecule has 0 fully saturated rings. The van der Waals surface area contributed by atoms with E-state index in [9.17, 15) is 0 Å². The van der Waals surface area contributed by atoms with Gasteiger partial charge >= 0.3 is 0 Å². The molecule has 0 saturated carbocycles. The smallest absolute Gasteiger partial charge is 0.205 e. The second-order valence-electron chi connectivity index (χ2n) is 7.02. The molecule has 0 radical (unpaired) electrons. The number of rotatable bonds is 15. The Morgan fingerprint density at radius 2 is 1.24 bits per heavy atom. The van der Waals surface area contributed by atoms with Gasteiger partial charge in [0.1, 0.15) is 0 Å². The van der Waals surface area contributed by atoms with E-state index in [1.54, 1.807) is 0 Å². The van der Waals surface area contributed by atoms with Gasteiger partial charge in [0.25, 0.3) is 0 Å². The highest BCUT2D eigenvalue weighted by Crippen LogP contribution is 2.39. The maximum Gasteiger partial charge on any atom is 0.205 e. The topological polar surface area (TPSA) is 18.5 Å². The molecule has 0 N–H and O–H groups in total. The van der Waals surface area contributed by atoms with Gasteiger partial charge in [-0.05, 0) is 36.8 Å². The van der Waals surface area contributed by atoms with Crippen LogP contribution in [0.5, 0.6) is 0 Å². The molecule has 1 aromatic rings. The van der Waals surface area contributed by atoms with Gasteiger partial charge in [-0.3, -0.25) is 0 Å². The van der Waals surface area contributed by atoms with Crippen LogP contribution in [0.15, 0.2) is 30.3 Å². The van der Waals surface area contributed by atoms with Crippen molar-refractivity contribution in [2.24, 2.45) is 11.8 Å². The normalized spacial score (nSPS) is 15.0. The van der Waals surface area contributed by atoms with Crippen LogP contribution in [0.2, 0.25) is 0 Å². The van der Waals surface area contributed by atoms with Crippen LogP contribution in [0, 0.1) is 11.8 Å². The minimum Gasteiger partial charge on any atom is -0.330 e. The fourth-order valence-corrected chi connectivity index (χ4v) is 4.36. The van der Waals surface area contributed by atoms with Gasteiger partial charge in [-0.1, -0.05) is 84.4 Å². The van der Waals surface area contributed by atoms with Gasteiger partial charge < -0.3 is 9.05 Å². The number of hydrogen-bond donors (Lipinski definition) is 0. The molecule has 0 heterocycles. The second kappa shape index (κ2) is 14.7. The summed E-state index contributed by atoms with van der Waals surface area (Å²) in [7, 11) is -0.962. The molecule has 0 aliphatic rings. The first-order chi connectivity index (χ1) is 12.2. The standard InChI is InChI=1S/C22H39O2P/c1-5-9-14-20(7-3)18-23-25(22-16-12-11-13-17-22)24-19-21(8-4)15-10-6-2/h11-13,16-17,20-21H,5-10,14-15,18-19H2,1-4H3. The first-order valence-corrected chi connectivity index (χ1v) is 11.5. The average Bonchev–Trinajstić information content (AvgIpc) is 2.67. The van der Waals surface area contributed by atoms with Gasteiger partial charge in [0.15, 0.2) is 0 Å². The maximum absolute atomic E-state index is 6.32. The molecule has 0 amide bonds. The van der Waals surface area contributed by atoms with Crippen LogP contribution < -0.4 is 5.30 Å². The molecule has 1 aromatic carbocycles. The zero-order chi connectivity index (χ0) is 18.3. The molecule has 2 unspecified atom stereocenters. The van der Waals surface area contributed by atoms with Crippen LogP contribution in [0.4, 0.5) is 0 Å². The lowest BCUT2D eigenvalue weighted by atomic mass is 10.0. The van der Waals surface area contributed by atoms with Crippen molar-refractivity contribution in [3.63, 3.8) is 0 Å². The van der Waals surface area contributed by atoms with Crippen LogP contribution in [0.1, 0.15) is 79.1 Å². The molecule has 3 heteroatoms. The lowest BCUT2D eigenvalue weighted by molar-refractivity contribution is 0.186. The van der Waals surface area contributed by atoms with Gasteiger partial charge in [0.05, 0.1) is 13.2 Å². The predicted octanol–water partition coefficient (Wildman–Crippen LogP) is 7.09. The van der Waals surface area contributed by atoms with Gasteiger partial charge in [0.2, 0.25) is 8.38 Å². The van der Waals surface area contributed by atoms with E-state index in [0.717, 1.165) is 13.2 Å². The second-order valence-corrected chi connectivity index (χ2v) is 8.56. The van der Waals surface area contributed by atoms with Crippen LogP contribution >= 0.6 is 8.38 Å². The number of hydrogen-bond acceptors (Lipinski definition) is 2. The zero-order valence-corrected chi connectivity index (χ0v) is 17.8. The Morgan fingerprint density at radius 1 is 0.760 bits per heavy atom. The Hall–Kier alpha value is -0.430. The van der Waals surface area contributed by atoms with Crippen LogP contribution in [0.25, 0.3) is 0 Å². The van der Waals surface area contributed by atoms with Crippen LogP contribution in [-0.2, 0) is 9.05 Å². The summed E-state index contributed by atoms with van der Waals surface area (Å²) in [6.45, 7) is 10.7. The summed E-state index contributed by atoms with van der Waals surface area (Å²) >= 11 is 0. The summed E-state index contributed by atoms with van der Waals surface area (Å²) in [6, 6.07) is 10.5. The van der Waals surface area contributed by atoms with E-state index in [-0.39, 0.29) is 0 Å². The van der Waals surface area contributed by atoms with Crippen LogP contribution in [-0.4, -0.2) is 13.2 Å². The van der Waals surface area contributed by atoms with Gasteiger partial charge in [0, 0.05) is 5.30 Å². The summed E-state index contributed by atoms with van der Waals surface area (Å²) in [5, 5.41) is 1.20. The summed E-state index contributed by atoms with van der Waals surface area (Å²) in [4.78, 5) is 0. The fourth-order valence-electron chi connectivity index (χ4n) is 2.88. The highest BCUT2D eigenvalue weighted by Gasteiger charge is 2.18. The molecule has 0 spiro atoms. The Bertz CT molecular complexity index is 390. The van der Waals surface area contributed by atoms with Crippen molar-refractivity contribution in [3.05, 3.63) is 30.3 Å². The summed E-state index contributed by atoms with van der Waals surface area (Å²) in [5.74, 6) is 1.30. The summed E-state index contributed by atoms with van der Waals surface area (Å²) in [5.41, 5.74) is 0. The van der Waals surface area contributed by atoms with Crippen molar-refractivity contribution >= 4 is 13.7 Å². The molecular weight excluding hydrogens is 327 g/mol. The molecule has 0 aliphatic heterocycles. The van der Waals surface area contributed by atoms with E-state index in [0.29, 0.717) is 11.8 Å². The molecule has 144 valence electrons. The third-order valence-corrected chi connectivity index (χ3v) is 6.40. The Morgan fingerprint density at radius 3 is 1.64 bits per heavy atom. The Kier molecular flexibility index (Phi) is 13.3. The van der Waals surface area contributed by atoms with Gasteiger partial charge in [-0.25, -0.2) is 0 Å². The van der Waals surface area contributed by atoms with E-state index in [1.165, 1.54) is 56.7 Å². The molecule has 1 rings (SSSR count). The largest absolute Gasteiger partial charge is 0.330 e. The van der Waals surface area contributed by atoms with Gasteiger partial charge in [-0.2, -0.15) is 0 Å². The molecule has 25 heavy (non-hydrogen) atoms. The third kappa shape index (κ3) is 9.73. The Balaban J connectivity index is 2.60. The third-order valence-electron chi connectivity index (χ3n) is 4.91. The van der Waals surface area contributed by atoms with E-state index in [2.05, 4.69) is 58.0 Å². The van der Waals surface area contributed by atoms with Crippen molar-refractivity contribution in [1.82, 2.24) is 0 Å². The molecule has 0 aromatic heterocycles. The lowest BCUT2D eigenvalue weighted by Gasteiger charge is -2.23. The molecule has 0 saturated heterocycles. The lowest BCUT2D eigenvalue weighted by Crippen LogP contribution is -2.15. The minimum absolute atomic E-state index is 0.652. The number of benzene rings is 1. The fraction of sp³-hybridized carbons (Fsp3) is 0.727. The first kappa shape index (κ1) is 22.6. The predicted molar refractivity (Wildman–Crippen MR) is 112 cm³/mol. The average molecular weight is 367 g/mol. The van der Waals surface area contributed by atoms with Crippen molar-refractivity contribution in [2.75, 3.05) is 13.2 Å². The van der Waals surface area contributed by atoms with Crippen LogP contribution in [0.3, 0.4) is 0 Å². The molecule has 0 aliphatic carbocycles. The molecular formula is C22H39O2P. The van der Waals surface area contributed by atoms with E-state index >= 15 is 0 Å². The van der Waals surface area contributed by atoms with Crippen molar-refractivity contribution in [1.29, 1.82) is 0 Å². The van der Waals surface area contributed by atoms with Gasteiger partial charge in [-0.15, -0.1) is 0 Å². The molecule has 0 bridgehead atoms. The zero-order valence-electron chi connectivity index (χ0n) is 16.9. The van der Waals surface area contributed by atoms with Crippen molar-refractivity contribution in [2.45, 2.75) is 79.1 Å². The Labute approximate surface area is 157 Å². The van der Waals surface area contributed by atoms with E-state index in [4.69, 9.17) is 9.05 Å². The molecule has 2 nitrogen and oxygen atoms in total. The first-order valence-electron chi connectivity index (χ1n) is 10.4. The van der Waals surface area contributed by atoms with E-state index < -0.39 is 8.38 Å².